The summed E-state index contributed by atoms with van der Waals surface area (Å²) in [5, 5.41) is 18.5. The number of aliphatic imine (C=N–C) groups is 1. The number of carboxylic acid groups (broad SMARTS) is 1. The predicted molar refractivity (Wildman–Crippen MR) is 167 cm³/mol. The number of hydrogen-bond donors (Lipinski definition) is 9. The smallest absolute Gasteiger partial charge is 0.326 e. The van der Waals surface area contributed by atoms with Crippen molar-refractivity contribution in [1.82, 2.24) is 20.9 Å². The van der Waals surface area contributed by atoms with Gasteiger partial charge >= 0.3 is 5.97 Å². The number of benzene rings is 2. The zero-order valence-electron chi connectivity index (χ0n) is 24.6. The number of aromatic nitrogens is 1. The molecule has 0 fully saturated rings. The molecule has 1 heterocycles. The van der Waals surface area contributed by atoms with Crippen LogP contribution in [0.2, 0.25) is 0 Å². The summed E-state index contributed by atoms with van der Waals surface area (Å²) >= 11 is 0. The van der Waals surface area contributed by atoms with Crippen LogP contribution in [-0.2, 0) is 36.8 Å². The number of nitrogens with one attached hydrogen (secondary N) is 4. The first-order valence-electron chi connectivity index (χ1n) is 14.3. The van der Waals surface area contributed by atoms with Gasteiger partial charge in [0.15, 0.2) is 5.96 Å². The lowest BCUT2D eigenvalue weighted by molar-refractivity contribution is -0.142. The normalized spacial score (nSPS) is 13.5. The van der Waals surface area contributed by atoms with Gasteiger partial charge in [0.25, 0.3) is 0 Å². The monoisotopic (exact) mass is 621 g/mol. The number of aromatic amines is 1. The summed E-state index contributed by atoms with van der Waals surface area (Å²) in [6.07, 6.45) is 1.57. The standard InChI is InChI=1S/C30H39N9O6/c31-20(15-25(32)40)26(41)37-22(11-6-12-35-30(33)34)27(42)38-23(13-17-7-2-1-3-8-17)28(43)39-24(29(44)45)14-18-16-36-21-10-5-4-9-19(18)21/h1-5,7-10,16,20,22-24,36H,6,11-15,31H2,(H2,32,40)(H,37,41)(H,38,42)(H,39,43)(H,44,45)(H4,33,34,35). The highest BCUT2D eigenvalue weighted by molar-refractivity contribution is 5.95. The van der Waals surface area contributed by atoms with E-state index in [0.717, 1.165) is 10.9 Å². The molecule has 0 aliphatic rings. The van der Waals surface area contributed by atoms with Crippen LogP contribution < -0.4 is 38.9 Å². The summed E-state index contributed by atoms with van der Waals surface area (Å²) in [5.74, 6) is -4.49. The maximum Gasteiger partial charge on any atom is 0.326 e. The maximum atomic E-state index is 13.6. The Bertz CT molecular complexity index is 1520. The van der Waals surface area contributed by atoms with Gasteiger partial charge in [0.2, 0.25) is 23.6 Å². The van der Waals surface area contributed by atoms with E-state index in [-0.39, 0.29) is 38.2 Å². The Labute approximate surface area is 259 Å². The lowest BCUT2D eigenvalue weighted by Crippen LogP contribution is -2.58. The van der Waals surface area contributed by atoms with Crippen molar-refractivity contribution >= 4 is 46.5 Å². The van der Waals surface area contributed by atoms with Crippen molar-refractivity contribution in [3.63, 3.8) is 0 Å². The number of para-hydroxylation sites is 1. The molecule has 3 aromatic rings. The molecule has 15 heteroatoms. The van der Waals surface area contributed by atoms with Crippen molar-refractivity contribution in [2.45, 2.75) is 56.3 Å². The van der Waals surface area contributed by atoms with Crippen molar-refractivity contribution in [2.75, 3.05) is 6.54 Å². The Morgan fingerprint density at radius 1 is 0.800 bits per heavy atom. The quantitative estimate of drug-likeness (QED) is 0.0494. The fourth-order valence-corrected chi connectivity index (χ4v) is 4.68. The zero-order chi connectivity index (χ0) is 32.9. The van der Waals surface area contributed by atoms with Crippen LogP contribution in [0.15, 0.2) is 65.8 Å². The summed E-state index contributed by atoms with van der Waals surface area (Å²) in [7, 11) is 0. The van der Waals surface area contributed by atoms with E-state index in [0.29, 0.717) is 11.1 Å². The Morgan fingerprint density at radius 2 is 1.42 bits per heavy atom. The minimum Gasteiger partial charge on any atom is -0.480 e. The lowest BCUT2D eigenvalue weighted by Gasteiger charge is -2.25. The number of carbonyl (C=O) groups excluding carboxylic acids is 4. The van der Waals surface area contributed by atoms with Crippen molar-refractivity contribution in [2.24, 2.45) is 27.9 Å². The van der Waals surface area contributed by atoms with Crippen molar-refractivity contribution in [3.8, 4) is 0 Å². The molecule has 0 aliphatic heterocycles. The highest BCUT2D eigenvalue weighted by Crippen LogP contribution is 2.19. The van der Waals surface area contributed by atoms with Crippen LogP contribution >= 0.6 is 0 Å². The van der Waals surface area contributed by atoms with Gasteiger partial charge in [-0.2, -0.15) is 0 Å². The van der Waals surface area contributed by atoms with E-state index in [4.69, 9.17) is 22.9 Å². The minimum atomic E-state index is -1.31. The van der Waals surface area contributed by atoms with Gasteiger partial charge in [0.1, 0.15) is 18.1 Å². The largest absolute Gasteiger partial charge is 0.480 e. The highest BCUT2D eigenvalue weighted by Gasteiger charge is 2.31. The van der Waals surface area contributed by atoms with Gasteiger partial charge in [0.05, 0.1) is 12.5 Å². The number of rotatable bonds is 17. The number of hydrogen-bond acceptors (Lipinski definition) is 7. The topological polar surface area (TPSA) is 274 Å². The minimum absolute atomic E-state index is 0.0156. The molecule has 15 nitrogen and oxygen atoms in total. The number of fused-ring (bicyclic) bond motifs is 1. The second-order valence-electron chi connectivity index (χ2n) is 10.5. The first-order chi connectivity index (χ1) is 21.4. The van der Waals surface area contributed by atoms with Crippen molar-refractivity contribution in [1.29, 1.82) is 0 Å². The SMILES string of the molecule is NC(=O)CC(N)C(=O)NC(CCCN=C(N)N)C(=O)NC(Cc1ccccc1)C(=O)NC(Cc1c[nH]c2ccccc12)C(=O)O. The first-order valence-corrected chi connectivity index (χ1v) is 14.3. The zero-order valence-corrected chi connectivity index (χ0v) is 24.6. The Balaban J connectivity index is 1.82. The van der Waals surface area contributed by atoms with Gasteiger partial charge in [0, 0.05) is 36.5 Å². The van der Waals surface area contributed by atoms with Crippen molar-refractivity contribution < 1.29 is 29.1 Å². The van der Waals surface area contributed by atoms with E-state index >= 15 is 0 Å². The second kappa shape index (κ2) is 16.4. The number of H-pyrrole nitrogens is 1. The fourth-order valence-electron chi connectivity index (χ4n) is 4.68. The van der Waals surface area contributed by atoms with E-state index in [1.165, 1.54) is 0 Å². The summed E-state index contributed by atoms with van der Waals surface area (Å²) in [6, 6.07) is 11.2. The Morgan fingerprint density at radius 3 is 2.09 bits per heavy atom. The number of primary amides is 1. The van der Waals surface area contributed by atoms with E-state index < -0.39 is 60.2 Å². The molecule has 0 saturated carbocycles. The molecular weight excluding hydrogens is 582 g/mol. The molecule has 3 rings (SSSR count). The molecule has 4 amide bonds. The number of nitrogens with zero attached hydrogens (tertiary/aromatic N) is 1. The van der Waals surface area contributed by atoms with Crippen molar-refractivity contribution in [3.05, 3.63) is 71.9 Å². The number of aliphatic carboxylic acids is 1. The molecule has 0 aliphatic carbocycles. The molecule has 4 unspecified atom stereocenters. The Kier molecular flexibility index (Phi) is 12.4. The molecule has 2 aromatic carbocycles. The summed E-state index contributed by atoms with van der Waals surface area (Å²) in [4.78, 5) is 70.3. The third-order valence-electron chi connectivity index (χ3n) is 6.97. The number of carboxylic acids is 1. The number of guanidine groups is 1. The van der Waals surface area contributed by atoms with Crippen LogP contribution in [-0.4, -0.2) is 76.4 Å². The number of amides is 4. The molecule has 0 radical (unpaired) electrons. The van der Waals surface area contributed by atoms with Gasteiger partial charge in [-0.3, -0.25) is 24.2 Å². The fraction of sp³-hybridized carbons (Fsp3) is 0.333. The number of carbonyl (C=O) groups is 5. The first kappa shape index (κ1) is 34.1. The van der Waals surface area contributed by atoms with Crippen LogP contribution in [0.5, 0.6) is 0 Å². The van der Waals surface area contributed by atoms with E-state index in [1.807, 2.05) is 24.3 Å². The van der Waals surface area contributed by atoms with Gasteiger partial charge in [-0.15, -0.1) is 0 Å². The Hall–Kier alpha value is -5.44. The molecular formula is C30H39N9O6. The molecule has 0 spiro atoms. The molecule has 45 heavy (non-hydrogen) atoms. The van der Waals surface area contributed by atoms with Crippen LogP contribution in [0, 0.1) is 0 Å². The lowest BCUT2D eigenvalue weighted by atomic mass is 10.0. The summed E-state index contributed by atoms with van der Waals surface area (Å²) < 4.78 is 0. The second-order valence-corrected chi connectivity index (χ2v) is 10.5. The van der Waals surface area contributed by atoms with Gasteiger partial charge in [-0.05, 0) is 30.0 Å². The molecule has 240 valence electrons. The number of nitrogens with two attached hydrogens (primary N) is 4. The van der Waals surface area contributed by atoms with E-state index in [1.54, 1.807) is 36.5 Å². The summed E-state index contributed by atoms with van der Waals surface area (Å²) in [5.41, 5.74) is 23.9. The van der Waals surface area contributed by atoms with E-state index in [9.17, 15) is 29.1 Å². The van der Waals surface area contributed by atoms with Crippen LogP contribution in [0.1, 0.15) is 30.4 Å². The average Bonchev–Trinajstić information content (AvgIpc) is 3.40. The third kappa shape index (κ3) is 10.7. The van der Waals surface area contributed by atoms with E-state index in [2.05, 4.69) is 25.9 Å². The molecule has 1 aromatic heterocycles. The predicted octanol–water partition coefficient (Wildman–Crippen LogP) is -1.25. The maximum absolute atomic E-state index is 13.6. The summed E-state index contributed by atoms with van der Waals surface area (Å²) in [6.45, 7) is 0.150. The molecule has 4 atom stereocenters. The average molecular weight is 622 g/mol. The molecule has 13 N–H and O–H groups in total. The van der Waals surface area contributed by atoms with Crippen LogP contribution in [0.25, 0.3) is 10.9 Å². The third-order valence-corrected chi connectivity index (χ3v) is 6.97. The van der Waals surface area contributed by atoms with Gasteiger partial charge in [-0.25, -0.2) is 4.79 Å². The van der Waals surface area contributed by atoms with Gasteiger partial charge in [-0.1, -0.05) is 48.5 Å². The van der Waals surface area contributed by atoms with Crippen LogP contribution in [0.4, 0.5) is 0 Å². The highest BCUT2D eigenvalue weighted by atomic mass is 16.4. The molecule has 0 bridgehead atoms. The van der Waals surface area contributed by atoms with Crippen LogP contribution in [0.3, 0.4) is 0 Å². The molecule has 0 saturated heterocycles. The van der Waals surface area contributed by atoms with Gasteiger partial charge < -0.3 is 49.0 Å².